The second kappa shape index (κ2) is 16.1. The van der Waals surface area contributed by atoms with E-state index < -0.39 is 53.1 Å². The molecule has 58 heavy (non-hydrogen) atoms. The molecule has 4 aromatic rings. The lowest BCUT2D eigenvalue weighted by molar-refractivity contribution is -0.137. The second-order valence-electron chi connectivity index (χ2n) is 13.9. The fourth-order valence-electron chi connectivity index (χ4n) is 7.28. The highest BCUT2D eigenvalue weighted by Crippen LogP contribution is 2.39. The number of carbonyl (C=O) groups is 5. The molecule has 0 radical (unpaired) electrons. The van der Waals surface area contributed by atoms with E-state index >= 15 is 4.39 Å². The Morgan fingerprint density at radius 3 is 2.36 bits per heavy atom. The van der Waals surface area contributed by atoms with E-state index in [0.717, 1.165) is 16.7 Å². The molecule has 14 nitrogen and oxygen atoms in total. The molecule has 0 bridgehead atoms. The van der Waals surface area contributed by atoms with Crippen molar-refractivity contribution in [2.75, 3.05) is 62.4 Å². The van der Waals surface area contributed by atoms with Crippen LogP contribution in [0.15, 0.2) is 66.9 Å². The van der Waals surface area contributed by atoms with Gasteiger partial charge in [0, 0.05) is 70.2 Å². The number of piperazine rings is 1. The molecule has 3 aliphatic heterocycles. The Bertz CT molecular complexity index is 2310. The van der Waals surface area contributed by atoms with Gasteiger partial charge in [0.15, 0.2) is 0 Å². The molecule has 0 spiro atoms. The van der Waals surface area contributed by atoms with Crippen molar-refractivity contribution < 1.29 is 46.3 Å². The predicted octanol–water partition coefficient (Wildman–Crippen LogP) is 4.86. The molecule has 18 heteroatoms. The van der Waals surface area contributed by atoms with Gasteiger partial charge in [-0.15, -0.1) is 0 Å². The van der Waals surface area contributed by atoms with Crippen molar-refractivity contribution in [2.24, 2.45) is 0 Å². The summed E-state index contributed by atoms with van der Waals surface area (Å²) >= 11 is 0. The number of carbonyl (C=O) groups excluding carboxylic acids is 5. The number of aromatic nitrogens is 1. The van der Waals surface area contributed by atoms with Crippen LogP contribution < -0.4 is 30.9 Å². The zero-order valence-corrected chi connectivity index (χ0v) is 31.3. The van der Waals surface area contributed by atoms with Gasteiger partial charge in [-0.05, 0) is 54.8 Å². The summed E-state index contributed by atoms with van der Waals surface area (Å²) in [6, 6.07) is 13.9. The summed E-state index contributed by atoms with van der Waals surface area (Å²) < 4.78 is 63.1. The Morgan fingerprint density at radius 1 is 0.914 bits per heavy atom. The van der Waals surface area contributed by atoms with E-state index in [0.29, 0.717) is 50.9 Å². The van der Waals surface area contributed by atoms with Crippen molar-refractivity contribution in [3.63, 3.8) is 0 Å². The number of hydrogen-bond acceptors (Lipinski definition) is 11. The third-order valence-electron chi connectivity index (χ3n) is 10.4. The number of rotatable bonds is 11. The molecule has 302 valence electrons. The predicted molar refractivity (Wildman–Crippen MR) is 204 cm³/mol. The van der Waals surface area contributed by atoms with Gasteiger partial charge in [-0.25, -0.2) is 9.37 Å². The minimum Gasteiger partial charge on any atom is -0.495 e. The van der Waals surface area contributed by atoms with Crippen LogP contribution >= 0.6 is 0 Å². The lowest BCUT2D eigenvalue weighted by Crippen LogP contribution is -2.54. The number of hydrogen-bond donors (Lipinski definition) is 4. The summed E-state index contributed by atoms with van der Waals surface area (Å²) in [6.07, 6.45) is -3.70. The van der Waals surface area contributed by atoms with Crippen molar-refractivity contribution in [3.8, 4) is 5.75 Å². The van der Waals surface area contributed by atoms with Crippen LogP contribution in [0.5, 0.6) is 5.75 Å². The number of nitrogens with one attached hydrogen (secondary N) is 4. The molecular formula is C40H38F4N8O6. The number of halogens is 4. The first-order chi connectivity index (χ1) is 27.7. The molecule has 2 saturated heterocycles. The fourth-order valence-corrected chi connectivity index (χ4v) is 7.28. The van der Waals surface area contributed by atoms with Crippen molar-refractivity contribution in [1.29, 1.82) is 0 Å². The molecule has 1 aromatic heterocycles. The molecule has 3 aliphatic rings. The van der Waals surface area contributed by atoms with Crippen LogP contribution in [0.4, 0.5) is 46.1 Å². The SMILES string of the molecule is CNC(=O)c1ccccc1Nc1cc(Nc2cc(F)c(CCN3CCN(c4ccc5c(c4)C(=O)N(C4CCC(=O)NC4=O)C5=O)CC3)cc2OC)ncc1C(F)(F)F. The van der Waals surface area contributed by atoms with Gasteiger partial charge >= 0.3 is 6.18 Å². The average molecular weight is 803 g/mol. The number of ether oxygens (including phenoxy) is 1. The van der Waals surface area contributed by atoms with E-state index in [9.17, 15) is 37.1 Å². The van der Waals surface area contributed by atoms with E-state index in [1.54, 1.807) is 30.3 Å². The number of fused-ring (bicyclic) bond motifs is 1. The zero-order chi connectivity index (χ0) is 41.3. The number of amides is 5. The number of anilines is 5. The zero-order valence-electron chi connectivity index (χ0n) is 31.3. The van der Waals surface area contributed by atoms with Crippen molar-refractivity contribution in [2.45, 2.75) is 31.5 Å². The molecule has 1 atom stereocenters. The van der Waals surface area contributed by atoms with E-state index in [2.05, 4.69) is 36.1 Å². The number of piperidine rings is 1. The maximum atomic E-state index is 15.6. The molecule has 4 heterocycles. The molecule has 0 aliphatic carbocycles. The van der Waals surface area contributed by atoms with Gasteiger partial charge in [-0.2, -0.15) is 13.2 Å². The Labute approximate surface area is 329 Å². The highest BCUT2D eigenvalue weighted by molar-refractivity contribution is 6.23. The number of methoxy groups -OCH3 is 1. The number of pyridine rings is 1. The van der Waals surface area contributed by atoms with E-state index in [-0.39, 0.29) is 58.2 Å². The lowest BCUT2D eigenvalue weighted by atomic mass is 10.0. The summed E-state index contributed by atoms with van der Waals surface area (Å²) in [5, 5.41) is 10.2. The van der Waals surface area contributed by atoms with Gasteiger partial charge in [0.1, 0.15) is 23.4 Å². The van der Waals surface area contributed by atoms with Crippen LogP contribution in [-0.4, -0.2) is 97.2 Å². The monoisotopic (exact) mass is 802 g/mol. The quantitative estimate of drug-likeness (QED) is 0.121. The van der Waals surface area contributed by atoms with Gasteiger partial charge in [0.25, 0.3) is 17.7 Å². The molecule has 3 aromatic carbocycles. The highest BCUT2D eigenvalue weighted by Gasteiger charge is 2.45. The van der Waals surface area contributed by atoms with Gasteiger partial charge in [0.2, 0.25) is 11.8 Å². The minimum absolute atomic E-state index is 0.0327. The first-order valence-corrected chi connectivity index (χ1v) is 18.4. The Kier molecular flexibility index (Phi) is 11.0. The van der Waals surface area contributed by atoms with Gasteiger partial charge in [-0.1, -0.05) is 12.1 Å². The first-order valence-electron chi connectivity index (χ1n) is 18.4. The van der Waals surface area contributed by atoms with E-state index in [4.69, 9.17) is 4.74 Å². The van der Waals surface area contributed by atoms with Crippen LogP contribution in [-0.2, 0) is 22.2 Å². The smallest absolute Gasteiger partial charge is 0.419 e. The molecule has 5 amide bonds. The Hall–Kier alpha value is -6.56. The topological polar surface area (TPSA) is 165 Å². The molecule has 7 rings (SSSR count). The van der Waals surface area contributed by atoms with Crippen molar-refractivity contribution in [1.82, 2.24) is 25.4 Å². The van der Waals surface area contributed by atoms with Crippen molar-refractivity contribution >= 4 is 58.1 Å². The van der Waals surface area contributed by atoms with Crippen LogP contribution in [0, 0.1) is 5.82 Å². The molecule has 4 N–H and O–H groups in total. The van der Waals surface area contributed by atoms with Crippen molar-refractivity contribution in [3.05, 3.63) is 100 Å². The molecule has 2 fully saturated rings. The molecule has 1 unspecified atom stereocenters. The average Bonchev–Trinajstić information content (AvgIpc) is 3.45. The number of benzene rings is 3. The number of imide groups is 2. The highest BCUT2D eigenvalue weighted by atomic mass is 19.4. The molecular weight excluding hydrogens is 764 g/mol. The van der Waals surface area contributed by atoms with Gasteiger partial charge in [-0.3, -0.25) is 39.1 Å². The maximum absolute atomic E-state index is 15.6. The maximum Gasteiger partial charge on any atom is 0.419 e. The minimum atomic E-state index is -4.78. The molecule has 0 saturated carbocycles. The van der Waals surface area contributed by atoms with Gasteiger partial charge < -0.3 is 25.6 Å². The summed E-state index contributed by atoms with van der Waals surface area (Å²) in [4.78, 5) is 71.9. The number of alkyl halides is 3. The van der Waals surface area contributed by atoms with Gasteiger partial charge in [0.05, 0.1) is 46.4 Å². The van der Waals surface area contributed by atoms with E-state index in [1.807, 2.05) is 0 Å². The Morgan fingerprint density at radius 2 is 1.66 bits per heavy atom. The van der Waals surface area contributed by atoms with Crippen LogP contribution in [0.1, 0.15) is 55.0 Å². The van der Waals surface area contributed by atoms with E-state index in [1.165, 1.54) is 38.4 Å². The first kappa shape index (κ1) is 39.7. The number of nitrogens with zero attached hydrogens (tertiary/aromatic N) is 4. The largest absolute Gasteiger partial charge is 0.495 e. The number of para-hydroxylation sites is 1. The van der Waals surface area contributed by atoms with Crippen LogP contribution in [0.2, 0.25) is 0 Å². The second-order valence-corrected chi connectivity index (χ2v) is 13.9. The van der Waals surface area contributed by atoms with Crippen LogP contribution in [0.3, 0.4) is 0 Å². The fraction of sp³-hybridized carbons (Fsp3) is 0.300. The Balaban J connectivity index is 0.989. The summed E-state index contributed by atoms with van der Waals surface area (Å²) in [7, 11) is 2.80. The third kappa shape index (κ3) is 8.00. The third-order valence-corrected chi connectivity index (χ3v) is 10.4. The summed E-state index contributed by atoms with van der Waals surface area (Å²) in [5.74, 6) is -3.12. The lowest BCUT2D eigenvalue weighted by Gasteiger charge is -2.36. The van der Waals surface area contributed by atoms with Crippen LogP contribution in [0.25, 0.3) is 0 Å². The summed E-state index contributed by atoms with van der Waals surface area (Å²) in [5.41, 5.74) is 0.448. The normalized spacial score (nSPS) is 17.2. The standard InChI is InChI=1S/C40H38F4N8O6/c1-45-36(54)25-5-3-4-6-29(25)47-30-20-34(46-21-27(30)40(42,43)44)48-31-19-28(41)22(17-33(31)58-2)11-12-50-13-15-51(16-14-50)23-7-8-24-26(18-23)39(57)52(38(24)56)32-9-10-35(53)49-37(32)55/h3-8,17-21,32H,9-16H2,1-2H3,(H,45,54)(H2,46,47,48)(H,49,53,55). The summed E-state index contributed by atoms with van der Waals surface area (Å²) in [6.45, 7) is 2.91.